The molecule has 23 heavy (non-hydrogen) atoms. The fourth-order valence-corrected chi connectivity index (χ4v) is 4.35. The minimum absolute atomic E-state index is 0.534. The Hall–Kier alpha value is -1.02. The lowest BCUT2D eigenvalue weighted by atomic mass is 10.2. The van der Waals surface area contributed by atoms with Crippen LogP contribution < -0.4 is 0 Å². The zero-order chi connectivity index (χ0) is 16.0. The van der Waals surface area contributed by atoms with Crippen molar-refractivity contribution in [1.29, 1.82) is 0 Å². The van der Waals surface area contributed by atoms with Crippen LogP contribution in [0.1, 0.15) is 25.8 Å². The van der Waals surface area contributed by atoms with Gasteiger partial charge in [-0.25, -0.2) is 4.68 Å². The Morgan fingerprint density at radius 3 is 2.83 bits per heavy atom. The highest BCUT2D eigenvalue weighted by atomic mass is 32.1. The van der Waals surface area contributed by atoms with Crippen molar-refractivity contribution in [2.75, 3.05) is 26.7 Å². The summed E-state index contributed by atoms with van der Waals surface area (Å²) in [6.07, 6.45) is 2.45. The van der Waals surface area contributed by atoms with Crippen LogP contribution in [-0.4, -0.2) is 56.9 Å². The molecule has 0 aromatic carbocycles. The Bertz CT molecular complexity index is 728. The fourth-order valence-electron chi connectivity index (χ4n) is 3.31. The van der Waals surface area contributed by atoms with Crippen molar-refractivity contribution in [1.82, 2.24) is 24.1 Å². The molecule has 2 aromatic rings. The summed E-state index contributed by atoms with van der Waals surface area (Å²) in [6, 6.07) is 5.32. The Labute approximate surface area is 146 Å². The molecule has 5 nitrogen and oxygen atoms in total. The number of rotatable bonds is 4. The standard InChI is InChI=1S/C16H23N5S2/c1-12-10-18(2)7-8-19(12)11-20-16(22)21(13-5-6-13)15(17-20)14-4-3-9-23-14/h3-4,9,12-13H,5-8,10-11H2,1-2H3/t12-/m1/s1. The van der Waals surface area contributed by atoms with Gasteiger partial charge in [0, 0.05) is 31.7 Å². The summed E-state index contributed by atoms with van der Waals surface area (Å²) in [7, 11) is 2.19. The van der Waals surface area contributed by atoms with Gasteiger partial charge in [-0.2, -0.15) is 0 Å². The number of hydrogen-bond donors (Lipinski definition) is 0. The van der Waals surface area contributed by atoms with Crippen molar-refractivity contribution >= 4 is 23.6 Å². The maximum Gasteiger partial charge on any atom is 0.199 e. The number of hydrogen-bond acceptors (Lipinski definition) is 5. The first kappa shape index (κ1) is 15.5. The Morgan fingerprint density at radius 1 is 1.35 bits per heavy atom. The highest BCUT2D eigenvalue weighted by Crippen LogP contribution is 2.39. The second-order valence-electron chi connectivity index (χ2n) is 6.75. The summed E-state index contributed by atoms with van der Waals surface area (Å²) in [5, 5.41) is 7.00. The van der Waals surface area contributed by atoms with Gasteiger partial charge < -0.3 is 4.90 Å². The van der Waals surface area contributed by atoms with Crippen LogP contribution in [0, 0.1) is 4.77 Å². The molecule has 0 radical (unpaired) electrons. The van der Waals surface area contributed by atoms with Crippen LogP contribution in [-0.2, 0) is 6.67 Å². The van der Waals surface area contributed by atoms with Gasteiger partial charge in [0.2, 0.25) is 0 Å². The smallest absolute Gasteiger partial charge is 0.199 e. The van der Waals surface area contributed by atoms with E-state index in [1.807, 2.05) is 4.68 Å². The van der Waals surface area contributed by atoms with Crippen LogP contribution in [0.5, 0.6) is 0 Å². The zero-order valence-corrected chi connectivity index (χ0v) is 15.3. The quantitative estimate of drug-likeness (QED) is 0.794. The van der Waals surface area contributed by atoms with Crippen LogP contribution >= 0.6 is 23.6 Å². The van der Waals surface area contributed by atoms with Gasteiger partial charge in [-0.05, 0) is 50.5 Å². The van der Waals surface area contributed by atoms with E-state index in [1.54, 1.807) is 11.3 Å². The van der Waals surface area contributed by atoms with Crippen molar-refractivity contribution < 1.29 is 0 Å². The molecular weight excluding hydrogens is 326 g/mol. The number of piperazine rings is 1. The molecule has 1 atom stereocenters. The number of likely N-dealkylation sites (N-methyl/N-ethyl adjacent to an activating group) is 1. The molecule has 4 rings (SSSR count). The maximum atomic E-state index is 5.76. The Balaban J connectivity index is 1.64. The summed E-state index contributed by atoms with van der Waals surface area (Å²) >= 11 is 7.51. The van der Waals surface area contributed by atoms with E-state index in [1.165, 1.54) is 17.7 Å². The first-order valence-electron chi connectivity index (χ1n) is 8.29. The largest absolute Gasteiger partial charge is 0.304 e. The Kier molecular flexibility index (Phi) is 4.13. The number of nitrogens with zero attached hydrogens (tertiary/aromatic N) is 5. The molecule has 1 aliphatic carbocycles. The van der Waals surface area contributed by atoms with Gasteiger partial charge in [0.05, 0.1) is 11.5 Å². The van der Waals surface area contributed by atoms with Crippen LogP contribution in [0.25, 0.3) is 10.7 Å². The third-order valence-electron chi connectivity index (χ3n) is 4.81. The van der Waals surface area contributed by atoms with E-state index in [2.05, 4.69) is 45.9 Å². The summed E-state index contributed by atoms with van der Waals surface area (Å²) in [5.74, 6) is 1.05. The van der Waals surface area contributed by atoms with Crippen molar-refractivity contribution in [3.63, 3.8) is 0 Å². The van der Waals surface area contributed by atoms with Gasteiger partial charge in [0.15, 0.2) is 10.6 Å². The van der Waals surface area contributed by atoms with Crippen LogP contribution in [0.2, 0.25) is 0 Å². The molecule has 0 bridgehead atoms. The minimum atomic E-state index is 0.534. The highest BCUT2D eigenvalue weighted by Gasteiger charge is 2.30. The lowest BCUT2D eigenvalue weighted by Crippen LogP contribution is -2.50. The van der Waals surface area contributed by atoms with Crippen LogP contribution in [0.3, 0.4) is 0 Å². The molecule has 3 heterocycles. The van der Waals surface area contributed by atoms with E-state index in [4.69, 9.17) is 17.3 Å². The van der Waals surface area contributed by atoms with Crippen molar-refractivity contribution in [2.45, 2.75) is 38.5 Å². The molecule has 1 aliphatic heterocycles. The number of aromatic nitrogens is 3. The van der Waals surface area contributed by atoms with E-state index in [-0.39, 0.29) is 0 Å². The SMILES string of the molecule is C[C@@H]1CN(C)CCN1Cn1nc(-c2cccs2)n(C2CC2)c1=S. The third kappa shape index (κ3) is 3.03. The van der Waals surface area contributed by atoms with Gasteiger partial charge in [0.25, 0.3) is 0 Å². The second kappa shape index (κ2) is 6.12. The predicted molar refractivity (Wildman–Crippen MR) is 96.3 cm³/mol. The molecule has 124 valence electrons. The summed E-state index contributed by atoms with van der Waals surface area (Å²) in [6.45, 7) is 6.38. The Morgan fingerprint density at radius 2 is 2.17 bits per heavy atom. The van der Waals surface area contributed by atoms with Gasteiger partial charge in [0.1, 0.15) is 0 Å². The predicted octanol–water partition coefficient (Wildman–Crippen LogP) is 3.07. The van der Waals surface area contributed by atoms with Gasteiger partial charge >= 0.3 is 0 Å². The van der Waals surface area contributed by atoms with Gasteiger partial charge in [-0.3, -0.25) is 9.47 Å². The summed E-state index contributed by atoms with van der Waals surface area (Å²) < 4.78 is 5.19. The summed E-state index contributed by atoms with van der Waals surface area (Å²) in [5.41, 5.74) is 0. The molecule has 1 saturated carbocycles. The minimum Gasteiger partial charge on any atom is -0.304 e. The third-order valence-corrected chi connectivity index (χ3v) is 6.08. The van der Waals surface area contributed by atoms with Crippen LogP contribution in [0.15, 0.2) is 17.5 Å². The van der Waals surface area contributed by atoms with Gasteiger partial charge in [-0.1, -0.05) is 6.07 Å². The zero-order valence-electron chi connectivity index (χ0n) is 13.7. The molecule has 0 spiro atoms. The molecule has 0 N–H and O–H groups in total. The molecule has 2 aliphatic rings. The van der Waals surface area contributed by atoms with E-state index in [9.17, 15) is 0 Å². The molecule has 0 unspecified atom stereocenters. The average molecular weight is 350 g/mol. The first-order valence-corrected chi connectivity index (χ1v) is 9.58. The van der Waals surface area contributed by atoms with Gasteiger partial charge in [-0.15, -0.1) is 16.4 Å². The van der Waals surface area contributed by atoms with Crippen LogP contribution in [0.4, 0.5) is 0 Å². The topological polar surface area (TPSA) is 29.2 Å². The van der Waals surface area contributed by atoms with E-state index in [0.29, 0.717) is 12.1 Å². The van der Waals surface area contributed by atoms with Crippen molar-refractivity contribution in [2.24, 2.45) is 0 Å². The van der Waals surface area contributed by atoms with E-state index < -0.39 is 0 Å². The lowest BCUT2D eigenvalue weighted by Gasteiger charge is -2.37. The first-order chi connectivity index (χ1) is 11.1. The molecule has 7 heteroatoms. The average Bonchev–Trinajstić information content (AvgIpc) is 3.09. The number of thiophene rings is 1. The lowest BCUT2D eigenvalue weighted by molar-refractivity contribution is 0.0682. The van der Waals surface area contributed by atoms with E-state index in [0.717, 1.165) is 36.9 Å². The highest BCUT2D eigenvalue weighted by molar-refractivity contribution is 7.71. The summed E-state index contributed by atoms with van der Waals surface area (Å²) in [4.78, 5) is 6.09. The molecular formula is C16H23N5S2. The fraction of sp³-hybridized carbons (Fsp3) is 0.625. The maximum absolute atomic E-state index is 5.76. The molecule has 0 amide bonds. The molecule has 2 fully saturated rings. The van der Waals surface area contributed by atoms with E-state index >= 15 is 0 Å². The normalized spacial score (nSPS) is 23.5. The monoisotopic (exact) mass is 349 g/mol. The second-order valence-corrected chi connectivity index (χ2v) is 8.06. The van der Waals surface area contributed by atoms with Crippen molar-refractivity contribution in [3.05, 3.63) is 22.3 Å². The van der Waals surface area contributed by atoms with Crippen molar-refractivity contribution in [3.8, 4) is 10.7 Å². The molecule has 2 aromatic heterocycles. The molecule has 1 saturated heterocycles.